The van der Waals surface area contributed by atoms with Gasteiger partial charge in [0.1, 0.15) is 29.3 Å². The molecule has 2 aromatic carbocycles. The molecule has 0 aliphatic carbocycles. The molecule has 9 heteroatoms. The van der Waals surface area contributed by atoms with E-state index in [0.717, 1.165) is 0 Å². The number of rotatable bonds is 6. The molecule has 0 atom stereocenters. The number of nitrogens with zero attached hydrogens (tertiary/aromatic N) is 2. The molecule has 4 N–H and O–H groups in total. The molecule has 0 aliphatic heterocycles. The Bertz CT molecular complexity index is 970. The molecule has 3 rings (SSSR count). The zero-order valence-electron chi connectivity index (χ0n) is 14.6. The minimum atomic E-state index is -0.439. The minimum Gasteiger partial charge on any atom is -0.497 e. The van der Waals surface area contributed by atoms with Crippen molar-refractivity contribution in [1.29, 1.82) is 0 Å². The van der Waals surface area contributed by atoms with Crippen LogP contribution in [0.2, 0.25) is 0 Å². The zero-order chi connectivity index (χ0) is 19.4. The monoisotopic (exact) mass is 433 g/mol. The van der Waals surface area contributed by atoms with E-state index in [1.165, 1.54) is 12.4 Å². The van der Waals surface area contributed by atoms with Gasteiger partial charge >= 0.3 is 0 Å². The van der Waals surface area contributed by atoms with Crippen LogP contribution in [-0.4, -0.2) is 24.2 Å². The maximum Gasteiger partial charge on any atom is 0.159 e. The number of hydrogen-bond acceptors (Lipinski definition) is 7. The number of anilines is 5. The Morgan fingerprint density at radius 2 is 1.67 bits per heavy atom. The van der Waals surface area contributed by atoms with Gasteiger partial charge in [0.25, 0.3) is 0 Å². The molecular formula is C18H17BrFN5O2. The normalized spacial score (nSPS) is 10.4. The second-order valence-corrected chi connectivity index (χ2v) is 6.34. The third-order valence-electron chi connectivity index (χ3n) is 3.73. The largest absolute Gasteiger partial charge is 0.497 e. The number of nitrogens with two attached hydrogens (primary N) is 1. The summed E-state index contributed by atoms with van der Waals surface area (Å²) < 4.78 is 25.3. The van der Waals surface area contributed by atoms with Gasteiger partial charge in [-0.15, -0.1) is 0 Å². The summed E-state index contributed by atoms with van der Waals surface area (Å²) in [5, 5.41) is 5.97. The Morgan fingerprint density at radius 1 is 0.963 bits per heavy atom. The Labute approximate surface area is 163 Å². The second kappa shape index (κ2) is 8.09. The molecule has 7 nitrogen and oxygen atoms in total. The summed E-state index contributed by atoms with van der Waals surface area (Å²) in [6, 6.07) is 9.93. The molecule has 0 unspecified atom stereocenters. The molecule has 3 aromatic rings. The number of methoxy groups -OCH3 is 2. The quantitative estimate of drug-likeness (QED) is 0.527. The molecule has 0 spiro atoms. The highest BCUT2D eigenvalue weighted by Crippen LogP contribution is 2.34. The fourth-order valence-electron chi connectivity index (χ4n) is 2.35. The van der Waals surface area contributed by atoms with E-state index < -0.39 is 5.82 Å². The fourth-order valence-corrected chi connectivity index (χ4v) is 2.69. The molecule has 0 aliphatic rings. The van der Waals surface area contributed by atoms with Crippen LogP contribution in [-0.2, 0) is 0 Å². The van der Waals surface area contributed by atoms with E-state index in [1.54, 1.807) is 44.6 Å². The van der Waals surface area contributed by atoms with Crippen LogP contribution in [0.5, 0.6) is 11.5 Å². The fraction of sp³-hybridized carbons (Fsp3) is 0.111. The molecule has 140 valence electrons. The highest BCUT2D eigenvalue weighted by atomic mass is 79.9. The van der Waals surface area contributed by atoms with Gasteiger partial charge in [-0.05, 0) is 30.3 Å². The van der Waals surface area contributed by atoms with Gasteiger partial charge < -0.3 is 25.8 Å². The number of ether oxygens (including phenoxy) is 2. The lowest BCUT2D eigenvalue weighted by molar-refractivity contribution is 0.405. The van der Waals surface area contributed by atoms with Crippen LogP contribution in [0.1, 0.15) is 0 Å². The number of aromatic nitrogens is 2. The minimum absolute atomic E-state index is 0.227. The summed E-state index contributed by atoms with van der Waals surface area (Å²) in [6.07, 6.45) is 1.32. The van der Waals surface area contributed by atoms with Gasteiger partial charge in [-0.3, -0.25) is 0 Å². The number of nitrogens with one attached hydrogen (secondary N) is 2. The molecular weight excluding hydrogens is 417 g/mol. The first-order valence-corrected chi connectivity index (χ1v) is 8.62. The van der Waals surface area contributed by atoms with E-state index in [9.17, 15) is 4.39 Å². The first-order valence-electron chi connectivity index (χ1n) is 7.83. The van der Waals surface area contributed by atoms with Crippen molar-refractivity contribution in [3.8, 4) is 11.5 Å². The number of hydrogen-bond donors (Lipinski definition) is 3. The molecule has 1 heterocycles. The van der Waals surface area contributed by atoms with Gasteiger partial charge in [-0.1, -0.05) is 15.9 Å². The number of benzene rings is 2. The molecule has 27 heavy (non-hydrogen) atoms. The van der Waals surface area contributed by atoms with Crippen molar-refractivity contribution in [2.75, 3.05) is 30.6 Å². The third-order valence-corrected chi connectivity index (χ3v) is 4.22. The van der Waals surface area contributed by atoms with E-state index in [2.05, 4.69) is 36.5 Å². The van der Waals surface area contributed by atoms with Gasteiger partial charge in [0.2, 0.25) is 0 Å². The lowest BCUT2D eigenvalue weighted by Gasteiger charge is -2.15. The Balaban J connectivity index is 1.91. The average molecular weight is 434 g/mol. The van der Waals surface area contributed by atoms with E-state index in [1.807, 2.05) is 0 Å². The Hall–Kier alpha value is -3.07. The third kappa shape index (κ3) is 4.20. The molecule has 0 saturated heterocycles. The SMILES string of the molecule is COc1ccc(OC)c(Nc2ncnc(Nc3ccc(Br)cc3F)c2N)c1. The predicted octanol–water partition coefficient (Wildman–Crippen LogP) is 4.46. The Morgan fingerprint density at radius 3 is 2.30 bits per heavy atom. The van der Waals surface area contributed by atoms with Crippen molar-refractivity contribution >= 4 is 44.6 Å². The Kier molecular flexibility index (Phi) is 5.60. The van der Waals surface area contributed by atoms with Crippen LogP contribution in [0.3, 0.4) is 0 Å². The first-order chi connectivity index (χ1) is 13.0. The second-order valence-electron chi connectivity index (χ2n) is 5.42. The van der Waals surface area contributed by atoms with Gasteiger partial charge in [0, 0.05) is 10.5 Å². The highest BCUT2D eigenvalue weighted by molar-refractivity contribution is 9.10. The summed E-state index contributed by atoms with van der Waals surface area (Å²) in [5.74, 6) is 1.40. The van der Waals surface area contributed by atoms with Crippen molar-refractivity contribution in [3.05, 3.63) is 53.0 Å². The van der Waals surface area contributed by atoms with E-state index in [0.29, 0.717) is 27.5 Å². The molecule has 0 bridgehead atoms. The standard InChI is InChI=1S/C18H17BrFN5O2/c1-26-11-4-6-15(27-2)14(8-11)25-18-16(21)17(22-9-23-18)24-13-5-3-10(19)7-12(13)20/h3-9H,21H2,1-2H3,(H2,22,23,24,25). The summed E-state index contributed by atoms with van der Waals surface area (Å²) in [6.45, 7) is 0. The maximum atomic E-state index is 14.1. The van der Waals surface area contributed by atoms with Gasteiger partial charge in [-0.2, -0.15) is 0 Å². The van der Waals surface area contributed by atoms with E-state index in [-0.39, 0.29) is 17.2 Å². The summed E-state index contributed by atoms with van der Waals surface area (Å²) in [4.78, 5) is 8.25. The topological polar surface area (TPSA) is 94.3 Å². The van der Waals surface area contributed by atoms with Crippen LogP contribution >= 0.6 is 15.9 Å². The van der Waals surface area contributed by atoms with Crippen LogP contribution < -0.4 is 25.8 Å². The number of halogens is 2. The van der Waals surface area contributed by atoms with Crippen LogP contribution in [0, 0.1) is 5.82 Å². The molecule has 0 amide bonds. The van der Waals surface area contributed by atoms with E-state index in [4.69, 9.17) is 15.2 Å². The molecule has 0 fully saturated rings. The smallest absolute Gasteiger partial charge is 0.159 e. The maximum absolute atomic E-state index is 14.1. The van der Waals surface area contributed by atoms with Gasteiger partial charge in [0.15, 0.2) is 11.6 Å². The lowest BCUT2D eigenvalue weighted by atomic mass is 10.2. The average Bonchev–Trinajstić information content (AvgIpc) is 2.66. The summed E-state index contributed by atoms with van der Waals surface area (Å²) in [7, 11) is 3.12. The molecule has 0 radical (unpaired) electrons. The van der Waals surface area contributed by atoms with Gasteiger partial charge in [-0.25, -0.2) is 14.4 Å². The highest BCUT2D eigenvalue weighted by Gasteiger charge is 2.13. The van der Waals surface area contributed by atoms with Crippen LogP contribution in [0.15, 0.2) is 47.2 Å². The number of nitrogen functional groups attached to an aromatic ring is 1. The van der Waals surface area contributed by atoms with Crippen molar-refractivity contribution in [2.45, 2.75) is 0 Å². The predicted molar refractivity (Wildman–Crippen MR) is 107 cm³/mol. The van der Waals surface area contributed by atoms with Gasteiger partial charge in [0.05, 0.1) is 25.6 Å². The van der Waals surface area contributed by atoms with Crippen molar-refractivity contribution < 1.29 is 13.9 Å². The molecule has 0 saturated carbocycles. The van der Waals surface area contributed by atoms with Crippen LogP contribution in [0.4, 0.5) is 33.1 Å². The lowest BCUT2D eigenvalue weighted by Crippen LogP contribution is -2.06. The van der Waals surface area contributed by atoms with Crippen LogP contribution in [0.25, 0.3) is 0 Å². The summed E-state index contributed by atoms with van der Waals surface area (Å²) in [5.41, 5.74) is 7.25. The van der Waals surface area contributed by atoms with Crippen molar-refractivity contribution in [1.82, 2.24) is 9.97 Å². The van der Waals surface area contributed by atoms with Crippen molar-refractivity contribution in [3.63, 3.8) is 0 Å². The van der Waals surface area contributed by atoms with Crippen molar-refractivity contribution in [2.24, 2.45) is 0 Å². The van der Waals surface area contributed by atoms with E-state index >= 15 is 0 Å². The zero-order valence-corrected chi connectivity index (χ0v) is 16.2. The first kappa shape index (κ1) is 18.7. The molecule has 1 aromatic heterocycles. The summed E-state index contributed by atoms with van der Waals surface area (Å²) >= 11 is 3.22.